The van der Waals surface area contributed by atoms with Crippen molar-refractivity contribution in [3.05, 3.63) is 58.6 Å². The molecule has 0 aliphatic carbocycles. The Kier molecular flexibility index (Phi) is 6.27. The summed E-state index contributed by atoms with van der Waals surface area (Å²) in [6, 6.07) is 11.5. The van der Waals surface area contributed by atoms with Gasteiger partial charge < -0.3 is 10.1 Å². The van der Waals surface area contributed by atoms with Crippen LogP contribution in [-0.4, -0.2) is 38.8 Å². The molecule has 150 valence electrons. The summed E-state index contributed by atoms with van der Waals surface area (Å²) in [7, 11) is -2.11. The maximum atomic E-state index is 12.8. The molecule has 1 fully saturated rings. The maximum Gasteiger partial charge on any atom is 0.251 e. The molecule has 1 aliphatic rings. The average Bonchev–Trinajstić information content (AvgIpc) is 3.24. The number of ether oxygens (including phenoxy) is 1. The molecule has 0 spiro atoms. The predicted molar refractivity (Wildman–Crippen MR) is 108 cm³/mol. The van der Waals surface area contributed by atoms with E-state index in [4.69, 9.17) is 16.3 Å². The van der Waals surface area contributed by atoms with Gasteiger partial charge in [0, 0.05) is 18.7 Å². The molecule has 0 saturated carbocycles. The molecule has 0 radical (unpaired) electrons. The van der Waals surface area contributed by atoms with Gasteiger partial charge in [-0.05, 0) is 55.7 Å². The van der Waals surface area contributed by atoms with Gasteiger partial charge in [0.25, 0.3) is 5.91 Å². The number of carbonyl (C=O) groups excluding carboxylic acids is 1. The Labute approximate surface area is 170 Å². The summed E-state index contributed by atoms with van der Waals surface area (Å²) in [6.45, 7) is 2.81. The van der Waals surface area contributed by atoms with Crippen molar-refractivity contribution in [1.82, 2.24) is 9.62 Å². The van der Waals surface area contributed by atoms with Gasteiger partial charge in [-0.3, -0.25) is 4.79 Å². The van der Waals surface area contributed by atoms with Gasteiger partial charge in [0.1, 0.15) is 10.6 Å². The lowest BCUT2D eigenvalue weighted by atomic mass is 10.1. The number of hydrogen-bond acceptors (Lipinski definition) is 4. The molecule has 1 N–H and O–H groups in total. The largest absolute Gasteiger partial charge is 0.497 e. The van der Waals surface area contributed by atoms with Crippen LogP contribution in [-0.2, 0) is 10.0 Å². The lowest BCUT2D eigenvalue weighted by Crippen LogP contribution is -2.29. The first-order chi connectivity index (χ1) is 13.3. The molecule has 0 bridgehead atoms. The van der Waals surface area contributed by atoms with Gasteiger partial charge in [-0.25, -0.2) is 8.42 Å². The molecule has 1 amide bonds. The summed E-state index contributed by atoms with van der Waals surface area (Å²) >= 11 is 6.14. The van der Waals surface area contributed by atoms with Crippen molar-refractivity contribution < 1.29 is 17.9 Å². The van der Waals surface area contributed by atoms with Gasteiger partial charge in [-0.2, -0.15) is 4.31 Å². The van der Waals surface area contributed by atoms with Crippen LogP contribution in [0.25, 0.3) is 0 Å². The molecule has 2 aromatic carbocycles. The third-order valence-corrected chi connectivity index (χ3v) is 7.22. The van der Waals surface area contributed by atoms with Crippen molar-refractivity contribution in [1.29, 1.82) is 0 Å². The van der Waals surface area contributed by atoms with E-state index < -0.39 is 10.0 Å². The highest BCUT2D eigenvalue weighted by atomic mass is 35.5. The van der Waals surface area contributed by atoms with Gasteiger partial charge >= 0.3 is 0 Å². The van der Waals surface area contributed by atoms with E-state index in [1.54, 1.807) is 7.11 Å². The van der Waals surface area contributed by atoms with Crippen LogP contribution >= 0.6 is 11.6 Å². The lowest BCUT2D eigenvalue weighted by Gasteiger charge is -2.18. The second-order valence-corrected chi connectivity index (χ2v) is 9.04. The van der Waals surface area contributed by atoms with E-state index >= 15 is 0 Å². The molecule has 3 rings (SSSR count). The van der Waals surface area contributed by atoms with Crippen LogP contribution in [0, 0.1) is 0 Å². The fraction of sp³-hybridized carbons (Fsp3) is 0.350. The first-order valence-electron chi connectivity index (χ1n) is 9.07. The zero-order valence-corrected chi connectivity index (χ0v) is 17.4. The monoisotopic (exact) mass is 422 g/mol. The Morgan fingerprint density at radius 2 is 1.79 bits per heavy atom. The number of halogens is 1. The Bertz CT molecular complexity index is 955. The summed E-state index contributed by atoms with van der Waals surface area (Å²) in [5, 5.41) is 3.00. The van der Waals surface area contributed by atoms with Crippen LogP contribution in [0.5, 0.6) is 5.75 Å². The first kappa shape index (κ1) is 20.6. The van der Waals surface area contributed by atoms with Crippen molar-refractivity contribution in [2.75, 3.05) is 20.2 Å². The van der Waals surface area contributed by atoms with Crippen LogP contribution < -0.4 is 10.1 Å². The number of methoxy groups -OCH3 is 1. The number of amides is 1. The third-order valence-electron chi connectivity index (χ3n) is 4.84. The third kappa shape index (κ3) is 4.32. The fourth-order valence-corrected chi connectivity index (χ4v) is 5.18. The quantitative estimate of drug-likeness (QED) is 0.771. The van der Waals surface area contributed by atoms with Crippen molar-refractivity contribution in [3.8, 4) is 5.75 Å². The summed E-state index contributed by atoms with van der Waals surface area (Å²) < 4.78 is 32.2. The van der Waals surface area contributed by atoms with Crippen LogP contribution in [0.4, 0.5) is 0 Å². The number of carbonyl (C=O) groups is 1. The summed E-state index contributed by atoms with van der Waals surface area (Å²) in [4.78, 5) is 12.6. The van der Waals surface area contributed by atoms with E-state index in [0.29, 0.717) is 13.1 Å². The van der Waals surface area contributed by atoms with E-state index in [1.165, 1.54) is 22.5 Å². The van der Waals surface area contributed by atoms with Crippen LogP contribution in [0.2, 0.25) is 5.02 Å². The van der Waals surface area contributed by atoms with E-state index in [-0.39, 0.29) is 27.4 Å². The highest BCUT2D eigenvalue weighted by Gasteiger charge is 2.29. The summed E-state index contributed by atoms with van der Waals surface area (Å²) in [5.41, 5.74) is 1.16. The molecule has 1 aliphatic heterocycles. The first-order valence-corrected chi connectivity index (χ1v) is 10.9. The van der Waals surface area contributed by atoms with Crippen molar-refractivity contribution in [3.63, 3.8) is 0 Å². The van der Waals surface area contributed by atoms with Gasteiger partial charge in [0.2, 0.25) is 10.0 Å². The smallest absolute Gasteiger partial charge is 0.251 e. The molecule has 0 aromatic heterocycles. The Hall–Kier alpha value is -2.09. The van der Waals surface area contributed by atoms with Crippen molar-refractivity contribution in [2.45, 2.75) is 30.7 Å². The van der Waals surface area contributed by atoms with Crippen LogP contribution in [0.3, 0.4) is 0 Å². The van der Waals surface area contributed by atoms with Gasteiger partial charge in [-0.15, -0.1) is 0 Å². The van der Waals surface area contributed by atoms with E-state index in [2.05, 4.69) is 5.32 Å². The van der Waals surface area contributed by atoms with Gasteiger partial charge in [0.05, 0.1) is 18.2 Å². The highest BCUT2D eigenvalue weighted by Crippen LogP contribution is 2.28. The van der Waals surface area contributed by atoms with Crippen molar-refractivity contribution >= 4 is 27.5 Å². The number of nitrogens with one attached hydrogen (secondary N) is 1. The molecule has 0 unspecified atom stereocenters. The van der Waals surface area contributed by atoms with Crippen LogP contribution in [0.15, 0.2) is 47.4 Å². The highest BCUT2D eigenvalue weighted by molar-refractivity contribution is 7.89. The molecular formula is C20H23ClN2O4S. The second kappa shape index (κ2) is 8.51. The summed E-state index contributed by atoms with van der Waals surface area (Å²) in [6.07, 6.45) is 1.66. The van der Waals surface area contributed by atoms with Gasteiger partial charge in [0.15, 0.2) is 0 Å². The Balaban J connectivity index is 1.80. The Morgan fingerprint density at radius 3 is 2.39 bits per heavy atom. The number of nitrogens with zero attached hydrogens (tertiary/aromatic N) is 1. The molecular weight excluding hydrogens is 400 g/mol. The van der Waals surface area contributed by atoms with Gasteiger partial charge in [-0.1, -0.05) is 23.7 Å². The molecule has 1 heterocycles. The van der Waals surface area contributed by atoms with E-state index in [1.807, 2.05) is 31.2 Å². The molecule has 8 heteroatoms. The standard InChI is InChI=1S/C20H23ClN2O4S/c1-14(15-5-8-17(27-2)9-6-15)22-20(24)16-7-10-18(21)19(13-16)28(25,26)23-11-3-4-12-23/h5-10,13-14H,3-4,11-12H2,1-2H3,(H,22,24)/t14-/m0/s1. The molecule has 6 nitrogen and oxygen atoms in total. The topological polar surface area (TPSA) is 75.7 Å². The fourth-order valence-electron chi connectivity index (χ4n) is 3.17. The Morgan fingerprint density at radius 1 is 1.14 bits per heavy atom. The van der Waals surface area contributed by atoms with Crippen molar-refractivity contribution in [2.24, 2.45) is 0 Å². The van der Waals surface area contributed by atoms with E-state index in [9.17, 15) is 13.2 Å². The van der Waals surface area contributed by atoms with E-state index in [0.717, 1.165) is 24.2 Å². The molecule has 2 aromatic rings. The minimum absolute atomic E-state index is 0.0270. The molecule has 1 saturated heterocycles. The number of sulfonamides is 1. The van der Waals surface area contributed by atoms with Crippen LogP contribution in [0.1, 0.15) is 41.7 Å². The summed E-state index contributed by atoms with van der Waals surface area (Å²) in [5.74, 6) is 0.370. The lowest BCUT2D eigenvalue weighted by molar-refractivity contribution is 0.0939. The number of rotatable bonds is 6. The maximum absolute atomic E-state index is 12.8. The molecule has 1 atom stereocenters. The average molecular weight is 423 g/mol. The zero-order chi connectivity index (χ0) is 20.3. The predicted octanol–water partition coefficient (Wildman–Crippen LogP) is 3.62. The SMILES string of the molecule is COc1ccc([C@H](C)NC(=O)c2ccc(Cl)c(S(=O)(=O)N3CCCC3)c2)cc1. The molecule has 28 heavy (non-hydrogen) atoms. The second-order valence-electron chi connectivity index (χ2n) is 6.72. The number of benzene rings is 2. The minimum atomic E-state index is -3.71. The normalized spacial score (nSPS) is 16.0. The minimum Gasteiger partial charge on any atom is -0.497 e. The zero-order valence-electron chi connectivity index (χ0n) is 15.8. The number of hydrogen-bond donors (Lipinski definition) is 1.